The summed E-state index contributed by atoms with van der Waals surface area (Å²) in [6.07, 6.45) is 1.31. The molecule has 2 heterocycles. The molecule has 1 aliphatic rings. The number of nitrogens with zero attached hydrogens (tertiary/aromatic N) is 2. The number of anilines is 1. The molecule has 3 rings (SSSR count). The number of carbonyl (C=O) groups excluding carboxylic acids is 2. The summed E-state index contributed by atoms with van der Waals surface area (Å²) in [5, 5.41) is 4.45. The standard InChI is InChI=1S/C18H21Cl2N3O2S/c1-18(2,3)16(25)23-8-6-10(7-9-23)15(24)22-17-21-13-11(19)4-5-12(20)14(13)26-17/h4-5,10H,6-9H2,1-3H3,(H,21,22,24). The van der Waals surface area contributed by atoms with Gasteiger partial charge in [-0.15, -0.1) is 0 Å². The van der Waals surface area contributed by atoms with Gasteiger partial charge in [-0.1, -0.05) is 55.3 Å². The van der Waals surface area contributed by atoms with Crippen LogP contribution in [-0.4, -0.2) is 34.8 Å². The maximum atomic E-state index is 12.6. The smallest absolute Gasteiger partial charge is 0.229 e. The lowest BCUT2D eigenvalue weighted by Crippen LogP contribution is -2.45. The van der Waals surface area contributed by atoms with E-state index < -0.39 is 5.41 Å². The number of fused-ring (bicyclic) bond motifs is 1. The van der Waals surface area contributed by atoms with E-state index in [4.69, 9.17) is 23.2 Å². The normalized spacial score (nSPS) is 16.1. The van der Waals surface area contributed by atoms with Crippen molar-refractivity contribution in [1.82, 2.24) is 9.88 Å². The summed E-state index contributed by atoms with van der Waals surface area (Å²) in [6.45, 7) is 6.95. The van der Waals surface area contributed by atoms with Gasteiger partial charge in [0.15, 0.2) is 5.13 Å². The summed E-state index contributed by atoms with van der Waals surface area (Å²) < 4.78 is 0.764. The summed E-state index contributed by atoms with van der Waals surface area (Å²) in [5.74, 6) is -0.0667. The Labute approximate surface area is 166 Å². The van der Waals surface area contributed by atoms with Crippen molar-refractivity contribution in [1.29, 1.82) is 0 Å². The zero-order chi connectivity index (χ0) is 19.1. The Bertz CT molecular complexity index is 813. The van der Waals surface area contributed by atoms with E-state index in [1.165, 1.54) is 11.3 Å². The summed E-state index contributed by atoms with van der Waals surface area (Å²) in [7, 11) is 0. The molecular weight excluding hydrogens is 393 g/mol. The monoisotopic (exact) mass is 413 g/mol. The Morgan fingerprint density at radius 1 is 1.19 bits per heavy atom. The first-order chi connectivity index (χ1) is 12.2. The molecule has 1 fully saturated rings. The third-order valence-electron chi connectivity index (χ3n) is 4.47. The highest BCUT2D eigenvalue weighted by molar-refractivity contribution is 7.23. The van der Waals surface area contributed by atoms with Crippen LogP contribution < -0.4 is 5.32 Å². The first kappa shape index (κ1) is 19.4. The Balaban J connectivity index is 1.64. The largest absolute Gasteiger partial charge is 0.342 e. The molecule has 8 heteroatoms. The molecule has 2 amide bonds. The molecule has 0 bridgehead atoms. The number of aromatic nitrogens is 1. The van der Waals surface area contributed by atoms with Crippen molar-refractivity contribution in [2.45, 2.75) is 33.6 Å². The van der Waals surface area contributed by atoms with Crippen LogP contribution in [0.1, 0.15) is 33.6 Å². The number of nitrogens with one attached hydrogen (secondary N) is 1. The number of likely N-dealkylation sites (tertiary alicyclic amines) is 1. The number of hydrogen-bond acceptors (Lipinski definition) is 4. The van der Waals surface area contributed by atoms with Gasteiger partial charge in [-0.3, -0.25) is 9.59 Å². The van der Waals surface area contributed by atoms with Crippen LogP contribution in [0, 0.1) is 11.3 Å². The van der Waals surface area contributed by atoms with Gasteiger partial charge in [0.1, 0.15) is 5.52 Å². The Morgan fingerprint density at radius 3 is 2.38 bits per heavy atom. The molecule has 1 saturated heterocycles. The molecule has 1 N–H and O–H groups in total. The second-order valence-electron chi connectivity index (χ2n) is 7.53. The van der Waals surface area contributed by atoms with Gasteiger partial charge in [0, 0.05) is 24.4 Å². The number of hydrogen-bond donors (Lipinski definition) is 1. The van der Waals surface area contributed by atoms with E-state index in [-0.39, 0.29) is 17.7 Å². The molecule has 0 saturated carbocycles. The topological polar surface area (TPSA) is 62.3 Å². The van der Waals surface area contributed by atoms with Gasteiger partial charge in [0.2, 0.25) is 11.8 Å². The predicted octanol–water partition coefficient (Wildman–Crippen LogP) is 4.83. The molecule has 1 aromatic heterocycles. The molecule has 2 aromatic rings. The van der Waals surface area contributed by atoms with Gasteiger partial charge in [0.25, 0.3) is 0 Å². The molecular formula is C18H21Cl2N3O2S. The van der Waals surface area contributed by atoms with Crippen LogP contribution >= 0.6 is 34.5 Å². The summed E-state index contributed by atoms with van der Waals surface area (Å²) in [4.78, 5) is 31.2. The first-order valence-corrected chi connectivity index (χ1v) is 10.1. The van der Waals surface area contributed by atoms with E-state index in [9.17, 15) is 9.59 Å². The average Bonchev–Trinajstić information content (AvgIpc) is 3.02. The molecule has 1 aromatic carbocycles. The fraction of sp³-hybridized carbons (Fsp3) is 0.500. The van der Waals surface area contributed by atoms with E-state index in [1.807, 2.05) is 25.7 Å². The minimum Gasteiger partial charge on any atom is -0.342 e. The third kappa shape index (κ3) is 3.97. The lowest BCUT2D eigenvalue weighted by atomic mass is 9.91. The maximum Gasteiger partial charge on any atom is 0.229 e. The second-order valence-corrected chi connectivity index (χ2v) is 9.35. The lowest BCUT2D eigenvalue weighted by Gasteiger charge is -2.35. The molecule has 0 spiro atoms. The quantitative estimate of drug-likeness (QED) is 0.766. The van der Waals surface area contributed by atoms with E-state index >= 15 is 0 Å². The summed E-state index contributed by atoms with van der Waals surface area (Å²) >= 11 is 13.6. The Morgan fingerprint density at radius 2 is 1.81 bits per heavy atom. The van der Waals surface area contributed by atoms with Crippen LogP contribution in [0.4, 0.5) is 5.13 Å². The van der Waals surface area contributed by atoms with Crippen LogP contribution in [0.15, 0.2) is 12.1 Å². The SMILES string of the molecule is CC(C)(C)C(=O)N1CCC(C(=O)Nc2nc3c(Cl)ccc(Cl)c3s2)CC1. The molecule has 0 atom stereocenters. The molecule has 0 aliphatic carbocycles. The third-order valence-corrected chi connectivity index (χ3v) is 6.21. The first-order valence-electron chi connectivity index (χ1n) is 8.51. The van der Waals surface area contributed by atoms with Crippen molar-refractivity contribution >= 4 is 61.7 Å². The lowest BCUT2D eigenvalue weighted by molar-refractivity contribution is -0.142. The number of carbonyl (C=O) groups is 2. The number of benzene rings is 1. The van der Waals surface area contributed by atoms with Gasteiger partial charge >= 0.3 is 0 Å². The predicted molar refractivity (Wildman–Crippen MR) is 107 cm³/mol. The fourth-order valence-corrected chi connectivity index (χ4v) is 4.45. The molecule has 140 valence electrons. The number of piperidine rings is 1. The van der Waals surface area contributed by atoms with Crippen molar-refractivity contribution in [3.63, 3.8) is 0 Å². The van der Waals surface area contributed by atoms with Crippen LogP contribution in [0.5, 0.6) is 0 Å². The molecule has 26 heavy (non-hydrogen) atoms. The van der Waals surface area contributed by atoms with Gasteiger partial charge in [-0.2, -0.15) is 0 Å². The highest BCUT2D eigenvalue weighted by Gasteiger charge is 2.32. The summed E-state index contributed by atoms with van der Waals surface area (Å²) in [6, 6.07) is 3.41. The maximum absolute atomic E-state index is 12.6. The van der Waals surface area contributed by atoms with Gasteiger partial charge in [-0.25, -0.2) is 4.98 Å². The number of rotatable bonds is 2. The second kappa shape index (κ2) is 7.33. The number of thiazole rings is 1. The van der Waals surface area contributed by atoms with E-state index in [0.717, 1.165) is 4.70 Å². The van der Waals surface area contributed by atoms with Crippen LogP contribution in [0.3, 0.4) is 0 Å². The molecule has 5 nitrogen and oxygen atoms in total. The van der Waals surface area contributed by atoms with Crippen molar-refractivity contribution in [2.24, 2.45) is 11.3 Å². The molecule has 0 unspecified atom stereocenters. The highest BCUT2D eigenvalue weighted by Crippen LogP contribution is 2.36. The Hall–Kier alpha value is -1.37. The average molecular weight is 414 g/mol. The van der Waals surface area contributed by atoms with Crippen LogP contribution in [0.25, 0.3) is 10.2 Å². The van der Waals surface area contributed by atoms with Crippen LogP contribution in [0.2, 0.25) is 10.0 Å². The zero-order valence-corrected chi connectivity index (χ0v) is 17.3. The number of halogens is 2. The van der Waals surface area contributed by atoms with Gasteiger partial charge in [-0.05, 0) is 25.0 Å². The highest BCUT2D eigenvalue weighted by atomic mass is 35.5. The minimum absolute atomic E-state index is 0.0702. The van der Waals surface area contributed by atoms with E-state index in [0.29, 0.717) is 46.6 Å². The van der Waals surface area contributed by atoms with Crippen molar-refractivity contribution in [2.75, 3.05) is 18.4 Å². The van der Waals surface area contributed by atoms with E-state index in [2.05, 4.69) is 10.3 Å². The fourth-order valence-electron chi connectivity index (χ4n) is 3.02. The van der Waals surface area contributed by atoms with E-state index in [1.54, 1.807) is 12.1 Å². The van der Waals surface area contributed by atoms with Crippen molar-refractivity contribution in [3.05, 3.63) is 22.2 Å². The van der Waals surface area contributed by atoms with Gasteiger partial charge < -0.3 is 10.2 Å². The van der Waals surface area contributed by atoms with Gasteiger partial charge in [0.05, 0.1) is 14.7 Å². The molecule has 1 aliphatic heterocycles. The van der Waals surface area contributed by atoms with Crippen LogP contribution in [-0.2, 0) is 9.59 Å². The van der Waals surface area contributed by atoms with Crippen molar-refractivity contribution in [3.8, 4) is 0 Å². The minimum atomic E-state index is -0.394. The molecule has 0 radical (unpaired) electrons. The van der Waals surface area contributed by atoms with Crippen molar-refractivity contribution < 1.29 is 9.59 Å². The number of amides is 2. The zero-order valence-electron chi connectivity index (χ0n) is 14.9. The Kier molecular flexibility index (Phi) is 5.47. The summed E-state index contributed by atoms with van der Waals surface area (Å²) in [5.41, 5.74) is 0.208.